The van der Waals surface area contributed by atoms with Gasteiger partial charge in [-0.05, 0) is 41.8 Å². The van der Waals surface area contributed by atoms with E-state index in [4.69, 9.17) is 19.4 Å². The molecule has 2 aliphatic rings. The predicted octanol–water partition coefficient (Wildman–Crippen LogP) is 5.75. The van der Waals surface area contributed by atoms with E-state index in [-0.39, 0.29) is 14.3 Å². The van der Waals surface area contributed by atoms with Gasteiger partial charge in [-0.25, -0.2) is 9.97 Å². The van der Waals surface area contributed by atoms with Crippen LogP contribution < -0.4 is 14.4 Å². The summed E-state index contributed by atoms with van der Waals surface area (Å²) in [4.78, 5) is 15.7. The van der Waals surface area contributed by atoms with Crippen LogP contribution in [0, 0.1) is 0 Å². The minimum absolute atomic E-state index is 0. The van der Waals surface area contributed by atoms with E-state index in [1.165, 1.54) is 16.6 Å². The quantitative estimate of drug-likeness (QED) is 0.381. The first kappa shape index (κ1) is 19.2. The maximum Gasteiger partial charge on any atom is 0.231 e. The minimum Gasteiger partial charge on any atom is -0.454 e. The molecule has 0 saturated heterocycles. The Labute approximate surface area is 198 Å². The number of aromatic nitrogens is 3. The second kappa shape index (κ2) is 7.63. The topological polar surface area (TPSA) is 63.3 Å². The maximum atomic E-state index is 5.71. The number of H-pyrrole nitrogens is 1. The van der Waals surface area contributed by atoms with Gasteiger partial charge in [-0.2, -0.15) is 0 Å². The molecule has 0 amide bonds. The zero-order chi connectivity index (χ0) is 22.5. The van der Waals surface area contributed by atoms with E-state index in [1.807, 2.05) is 36.5 Å². The van der Waals surface area contributed by atoms with Gasteiger partial charge in [0.15, 0.2) is 11.5 Å². The molecule has 0 fully saturated rings. The number of aromatic amines is 1. The van der Waals surface area contributed by atoms with Crippen LogP contribution in [0.5, 0.6) is 11.5 Å². The molecule has 168 valence electrons. The van der Waals surface area contributed by atoms with Crippen molar-refractivity contribution in [2.75, 3.05) is 18.2 Å². The van der Waals surface area contributed by atoms with Crippen LogP contribution in [0.1, 0.15) is 24.3 Å². The van der Waals surface area contributed by atoms with Crippen LogP contribution in [0.15, 0.2) is 85.1 Å². The lowest BCUT2D eigenvalue weighted by Gasteiger charge is -2.36. The molecule has 6 nitrogen and oxygen atoms in total. The summed E-state index contributed by atoms with van der Waals surface area (Å²) in [6.07, 6.45) is 2.77. The largest absolute Gasteiger partial charge is 0.454 e. The molecular formula is C28H24N4O2. The summed E-state index contributed by atoms with van der Waals surface area (Å²) < 4.78 is 11.3. The molecule has 1 unspecified atom stereocenters. The average molecular weight is 449 g/mol. The lowest BCUT2D eigenvalue weighted by molar-refractivity contribution is 0.174. The van der Waals surface area contributed by atoms with Crippen LogP contribution >= 0.6 is 0 Å². The molecule has 2 aromatic heterocycles. The molecule has 6 heteroatoms. The number of hydrogen-bond acceptors (Lipinski definition) is 5. The maximum absolute atomic E-state index is 5.71. The van der Waals surface area contributed by atoms with Gasteiger partial charge in [0.1, 0.15) is 0 Å². The van der Waals surface area contributed by atoms with Gasteiger partial charge in [0.2, 0.25) is 12.7 Å². The SMILES string of the molecule is [HH].c1ccc(-c2ccnc(N3CCc4c([nH]c5ccccc45)C3c3ccc4c(c3)OCO4)n2)cc1. The molecule has 0 aliphatic carbocycles. The first-order valence-corrected chi connectivity index (χ1v) is 11.5. The van der Waals surface area contributed by atoms with Gasteiger partial charge in [-0.1, -0.05) is 54.6 Å². The van der Waals surface area contributed by atoms with Gasteiger partial charge in [-0.15, -0.1) is 0 Å². The van der Waals surface area contributed by atoms with Gasteiger partial charge in [0.05, 0.1) is 11.7 Å². The Kier molecular flexibility index (Phi) is 4.30. The highest BCUT2D eigenvalue weighted by Gasteiger charge is 2.34. The Morgan fingerprint density at radius 3 is 2.71 bits per heavy atom. The Balaban J connectivity index is 0.00000229. The van der Waals surface area contributed by atoms with Crippen molar-refractivity contribution in [2.24, 2.45) is 0 Å². The first-order chi connectivity index (χ1) is 16.8. The van der Waals surface area contributed by atoms with Crippen LogP contribution in [-0.4, -0.2) is 28.3 Å². The summed E-state index contributed by atoms with van der Waals surface area (Å²) in [6, 6.07) is 26.8. The Hall–Kier alpha value is -4.32. The van der Waals surface area contributed by atoms with E-state index in [1.54, 1.807) is 0 Å². The zero-order valence-electron chi connectivity index (χ0n) is 18.4. The Bertz CT molecular complexity index is 1520. The summed E-state index contributed by atoms with van der Waals surface area (Å²) in [5.41, 5.74) is 6.80. The molecule has 3 aromatic carbocycles. The van der Waals surface area contributed by atoms with Gasteiger partial charge in [0.25, 0.3) is 0 Å². The van der Waals surface area contributed by atoms with Crippen molar-refractivity contribution in [1.29, 1.82) is 0 Å². The lowest BCUT2D eigenvalue weighted by atomic mass is 9.92. The molecule has 1 atom stereocenters. The third kappa shape index (κ3) is 3.03. The van der Waals surface area contributed by atoms with Crippen molar-refractivity contribution in [2.45, 2.75) is 12.5 Å². The number of fused-ring (bicyclic) bond motifs is 4. The zero-order valence-corrected chi connectivity index (χ0v) is 18.4. The van der Waals surface area contributed by atoms with Crippen molar-refractivity contribution in [3.63, 3.8) is 0 Å². The third-order valence-corrected chi connectivity index (χ3v) is 6.72. The van der Waals surface area contributed by atoms with Crippen molar-refractivity contribution in [3.05, 3.63) is 102 Å². The molecule has 0 spiro atoms. The van der Waals surface area contributed by atoms with Crippen molar-refractivity contribution >= 4 is 16.9 Å². The number of nitrogens with zero attached hydrogens (tertiary/aromatic N) is 3. The molecule has 4 heterocycles. The monoisotopic (exact) mass is 448 g/mol. The van der Waals surface area contributed by atoms with Gasteiger partial charge in [-0.3, -0.25) is 0 Å². The van der Waals surface area contributed by atoms with Gasteiger partial charge >= 0.3 is 0 Å². The summed E-state index contributed by atoms with van der Waals surface area (Å²) in [6.45, 7) is 1.07. The molecule has 0 saturated carbocycles. The number of hydrogen-bond donors (Lipinski definition) is 1. The molecule has 7 rings (SSSR count). The predicted molar refractivity (Wildman–Crippen MR) is 133 cm³/mol. The summed E-state index contributed by atoms with van der Waals surface area (Å²) in [7, 11) is 0. The van der Waals surface area contributed by atoms with Crippen LogP contribution in [0.25, 0.3) is 22.2 Å². The second-order valence-electron chi connectivity index (χ2n) is 8.63. The van der Waals surface area contributed by atoms with Crippen molar-refractivity contribution < 1.29 is 10.9 Å². The molecule has 2 aliphatic heterocycles. The standard InChI is InChI=1S/C28H22N4O2.H2/c1-2-6-18(7-3-1)22-12-14-29-28(31-22)32-15-13-21-20-8-4-5-9-23(20)30-26(21)27(32)19-10-11-24-25(16-19)34-17-33-24;/h1-12,14,16,27,30H,13,15,17H2;1H. The normalized spacial score (nSPS) is 16.6. The average Bonchev–Trinajstić information content (AvgIpc) is 3.53. The molecule has 0 bridgehead atoms. The number of anilines is 1. The van der Waals surface area contributed by atoms with Gasteiger partial charge in [0, 0.05) is 36.3 Å². The van der Waals surface area contributed by atoms with Crippen molar-refractivity contribution in [3.8, 4) is 22.8 Å². The number of benzene rings is 3. The number of nitrogens with one attached hydrogen (secondary N) is 1. The fourth-order valence-corrected chi connectivity index (χ4v) is 5.14. The number of para-hydroxylation sites is 1. The minimum atomic E-state index is -0.0725. The molecule has 34 heavy (non-hydrogen) atoms. The fraction of sp³-hybridized carbons (Fsp3) is 0.143. The first-order valence-electron chi connectivity index (χ1n) is 11.5. The molecule has 5 aromatic rings. The van der Waals surface area contributed by atoms with E-state index in [2.05, 4.69) is 58.4 Å². The third-order valence-electron chi connectivity index (χ3n) is 6.72. The van der Waals surface area contributed by atoms with E-state index in [9.17, 15) is 0 Å². The summed E-state index contributed by atoms with van der Waals surface area (Å²) in [5.74, 6) is 2.28. The molecular weight excluding hydrogens is 424 g/mol. The highest BCUT2D eigenvalue weighted by molar-refractivity contribution is 5.86. The van der Waals surface area contributed by atoms with Crippen LogP contribution in [0.3, 0.4) is 0 Å². The van der Waals surface area contributed by atoms with E-state index in [0.717, 1.165) is 46.8 Å². The van der Waals surface area contributed by atoms with E-state index in [0.29, 0.717) is 5.95 Å². The highest BCUT2D eigenvalue weighted by atomic mass is 16.7. The van der Waals surface area contributed by atoms with E-state index >= 15 is 0 Å². The van der Waals surface area contributed by atoms with Crippen LogP contribution in [-0.2, 0) is 6.42 Å². The fourth-order valence-electron chi connectivity index (χ4n) is 5.14. The van der Waals surface area contributed by atoms with E-state index < -0.39 is 0 Å². The van der Waals surface area contributed by atoms with Crippen LogP contribution in [0.4, 0.5) is 5.95 Å². The number of ether oxygens (including phenoxy) is 2. The highest BCUT2D eigenvalue weighted by Crippen LogP contribution is 2.43. The Morgan fingerprint density at radius 1 is 0.912 bits per heavy atom. The van der Waals surface area contributed by atoms with Gasteiger partial charge < -0.3 is 19.4 Å². The number of rotatable bonds is 3. The molecule has 1 N–H and O–H groups in total. The summed E-state index contributed by atoms with van der Waals surface area (Å²) >= 11 is 0. The molecule has 0 radical (unpaired) electrons. The second-order valence-corrected chi connectivity index (χ2v) is 8.63. The van der Waals surface area contributed by atoms with Crippen LogP contribution in [0.2, 0.25) is 0 Å². The Morgan fingerprint density at radius 2 is 1.76 bits per heavy atom. The van der Waals surface area contributed by atoms with Crippen molar-refractivity contribution in [1.82, 2.24) is 15.0 Å². The lowest BCUT2D eigenvalue weighted by Crippen LogP contribution is -2.37. The smallest absolute Gasteiger partial charge is 0.231 e. The summed E-state index contributed by atoms with van der Waals surface area (Å²) in [5, 5.41) is 1.28.